The Balaban J connectivity index is 0.000000618. The van der Waals surface area contributed by atoms with Crippen LogP contribution < -0.4 is 21.3 Å². The highest BCUT2D eigenvalue weighted by atomic mass is 32.1. The van der Waals surface area contributed by atoms with Gasteiger partial charge < -0.3 is 21.2 Å². The number of aromatic amines is 1. The van der Waals surface area contributed by atoms with E-state index < -0.39 is 0 Å². The van der Waals surface area contributed by atoms with Gasteiger partial charge in [-0.1, -0.05) is 26.7 Å². The number of hydrogen-bond acceptors (Lipinski definition) is 9. The third-order valence-corrected chi connectivity index (χ3v) is 4.63. The van der Waals surface area contributed by atoms with E-state index in [1.165, 1.54) is 32.1 Å². The number of unbranched alkanes of at least 4 members (excludes halogenated alkanes) is 1. The van der Waals surface area contributed by atoms with E-state index in [9.17, 15) is 4.39 Å². The molecule has 9 nitrogen and oxygen atoms in total. The van der Waals surface area contributed by atoms with Gasteiger partial charge in [0.05, 0.1) is 18.5 Å². The molecule has 0 radical (unpaired) electrons. The maximum absolute atomic E-state index is 13.3. The van der Waals surface area contributed by atoms with Crippen molar-refractivity contribution in [1.29, 1.82) is 0 Å². The van der Waals surface area contributed by atoms with Crippen LogP contribution in [0.1, 0.15) is 26.7 Å². The van der Waals surface area contributed by atoms with Crippen LogP contribution in [0.2, 0.25) is 0 Å². The summed E-state index contributed by atoms with van der Waals surface area (Å²) in [6.45, 7) is 4.36. The van der Waals surface area contributed by atoms with Crippen LogP contribution in [0.15, 0.2) is 48.8 Å². The number of H-pyrrole nitrogens is 1. The number of imidazole rings is 1. The molecular formula is C23H29FN8OS. The number of benzene rings is 1. The Morgan fingerprint density at radius 1 is 0.971 bits per heavy atom. The molecule has 0 saturated heterocycles. The van der Waals surface area contributed by atoms with Gasteiger partial charge in [-0.2, -0.15) is 0 Å². The summed E-state index contributed by atoms with van der Waals surface area (Å²) in [6.07, 6.45) is 5.79. The molecule has 4 rings (SSSR count). The van der Waals surface area contributed by atoms with Crippen LogP contribution in [-0.2, 0) is 0 Å². The fourth-order valence-corrected chi connectivity index (χ4v) is 2.77. The molecule has 180 valence electrons. The van der Waals surface area contributed by atoms with Crippen molar-refractivity contribution in [1.82, 2.24) is 24.9 Å². The number of nitrogens with zero attached hydrogens (tertiary/aromatic N) is 4. The minimum Gasteiger partial charge on any atom is -0.493 e. The molecule has 3 heterocycles. The summed E-state index contributed by atoms with van der Waals surface area (Å²) in [4.78, 5) is 20.3. The Bertz CT molecular complexity index is 1180. The van der Waals surface area contributed by atoms with Crippen molar-refractivity contribution in [2.24, 2.45) is 5.14 Å². The first kappa shape index (κ1) is 26.6. The molecule has 0 aliphatic rings. The first-order valence-electron chi connectivity index (χ1n) is 10.5. The van der Waals surface area contributed by atoms with Gasteiger partial charge in [0, 0.05) is 23.5 Å². The van der Waals surface area contributed by atoms with Crippen molar-refractivity contribution in [3.05, 3.63) is 54.6 Å². The largest absolute Gasteiger partial charge is 0.493 e. The van der Waals surface area contributed by atoms with E-state index in [0.29, 0.717) is 39.8 Å². The monoisotopic (exact) mass is 484 g/mol. The van der Waals surface area contributed by atoms with Crippen molar-refractivity contribution >= 4 is 24.6 Å². The minimum absolute atomic E-state index is 0.134. The van der Waals surface area contributed by atoms with Gasteiger partial charge in [0.1, 0.15) is 17.3 Å². The first-order chi connectivity index (χ1) is 16.5. The Hall–Kier alpha value is -3.70. The lowest BCUT2D eigenvalue weighted by Crippen LogP contribution is -1.98. The second kappa shape index (κ2) is 13.1. The van der Waals surface area contributed by atoms with Gasteiger partial charge in [-0.3, -0.25) is 5.14 Å². The molecule has 11 heteroatoms. The SMILES string of the molecule is CCCC.COc1cc(-c2nc(-c3ccc(F)cc3)[nH]c2-c2ccnc(N)n2)cnc1N.NS. The Labute approximate surface area is 203 Å². The van der Waals surface area contributed by atoms with Gasteiger partial charge in [0.25, 0.3) is 0 Å². The molecule has 34 heavy (non-hydrogen) atoms. The highest BCUT2D eigenvalue weighted by Gasteiger charge is 2.18. The maximum atomic E-state index is 13.3. The summed E-state index contributed by atoms with van der Waals surface area (Å²) in [5, 5.41) is 4.19. The number of anilines is 2. The van der Waals surface area contributed by atoms with Gasteiger partial charge in [-0.15, -0.1) is 12.8 Å². The molecule has 0 saturated carbocycles. The van der Waals surface area contributed by atoms with Gasteiger partial charge >= 0.3 is 0 Å². The average Bonchev–Trinajstić information content (AvgIpc) is 3.32. The van der Waals surface area contributed by atoms with Gasteiger partial charge in [-0.25, -0.2) is 24.3 Å². The number of nitrogens with one attached hydrogen (secondary N) is 1. The summed E-state index contributed by atoms with van der Waals surface area (Å²) in [7, 11) is 1.51. The van der Waals surface area contributed by atoms with E-state index in [0.717, 1.165) is 0 Å². The number of thiol groups is 1. The number of rotatable bonds is 5. The van der Waals surface area contributed by atoms with Crippen molar-refractivity contribution < 1.29 is 9.13 Å². The quantitative estimate of drug-likeness (QED) is 0.259. The molecule has 0 spiro atoms. The standard InChI is InChI=1S/C19H16FN7O.C4H10.H3NS/c1-28-14-8-11(9-24-17(14)21)15-16(13-6-7-23-19(22)25-13)27-18(26-15)10-2-4-12(20)5-3-10;1-3-4-2;1-2/h2-9H,1H3,(H2,21,24)(H,26,27)(H2,22,23,25);3-4H2,1-2H3;2H,1H2. The first-order valence-corrected chi connectivity index (χ1v) is 11.0. The highest BCUT2D eigenvalue weighted by molar-refractivity contribution is 7.77. The van der Waals surface area contributed by atoms with Crippen LogP contribution >= 0.6 is 12.8 Å². The van der Waals surface area contributed by atoms with Gasteiger partial charge in [0.15, 0.2) is 11.6 Å². The van der Waals surface area contributed by atoms with E-state index in [2.05, 4.69) is 56.7 Å². The molecule has 1 aromatic carbocycles. The van der Waals surface area contributed by atoms with Crippen molar-refractivity contribution in [3.8, 4) is 39.8 Å². The average molecular weight is 485 g/mol. The topological polar surface area (TPSA) is 155 Å². The highest BCUT2D eigenvalue weighted by Crippen LogP contribution is 2.34. The number of hydrogen-bond donors (Lipinski definition) is 5. The molecule has 0 aliphatic carbocycles. The van der Waals surface area contributed by atoms with Gasteiger partial charge in [-0.05, 0) is 36.4 Å². The summed E-state index contributed by atoms with van der Waals surface area (Å²) in [5.74, 6) is 1.05. The van der Waals surface area contributed by atoms with E-state index in [1.54, 1.807) is 36.7 Å². The number of aromatic nitrogens is 5. The summed E-state index contributed by atoms with van der Waals surface area (Å²) >= 11 is 3.03. The van der Waals surface area contributed by atoms with Crippen molar-refractivity contribution in [3.63, 3.8) is 0 Å². The normalized spacial score (nSPS) is 9.94. The molecule has 0 fully saturated rings. The molecule has 0 unspecified atom stereocenters. The predicted molar refractivity (Wildman–Crippen MR) is 137 cm³/mol. The van der Waals surface area contributed by atoms with Crippen LogP contribution in [0, 0.1) is 5.82 Å². The third kappa shape index (κ3) is 6.65. The summed E-state index contributed by atoms with van der Waals surface area (Å²) < 4.78 is 18.6. The van der Waals surface area contributed by atoms with Crippen molar-refractivity contribution in [2.75, 3.05) is 18.6 Å². The van der Waals surface area contributed by atoms with Crippen molar-refractivity contribution in [2.45, 2.75) is 26.7 Å². The fourth-order valence-electron chi connectivity index (χ4n) is 2.77. The Morgan fingerprint density at radius 3 is 2.24 bits per heavy atom. The number of pyridine rings is 1. The second-order valence-electron chi connectivity index (χ2n) is 6.93. The lowest BCUT2D eigenvalue weighted by atomic mass is 10.1. The molecule has 7 N–H and O–H groups in total. The molecule has 0 amide bonds. The van der Waals surface area contributed by atoms with E-state index in [-0.39, 0.29) is 17.6 Å². The maximum Gasteiger partial charge on any atom is 0.220 e. The fraction of sp³-hybridized carbons (Fsp3) is 0.217. The van der Waals surface area contributed by atoms with Crippen LogP contribution in [0.5, 0.6) is 5.75 Å². The number of nitrogen functional groups attached to an aromatic ring is 2. The number of ether oxygens (including phenoxy) is 1. The predicted octanol–water partition coefficient (Wildman–Crippen LogP) is 4.50. The van der Waals surface area contributed by atoms with Gasteiger partial charge in [0.2, 0.25) is 5.95 Å². The number of nitrogens with two attached hydrogens (primary N) is 3. The summed E-state index contributed by atoms with van der Waals surface area (Å²) in [5.41, 5.74) is 14.7. The smallest absolute Gasteiger partial charge is 0.220 e. The summed E-state index contributed by atoms with van der Waals surface area (Å²) in [6, 6.07) is 9.46. The molecule has 3 aromatic heterocycles. The third-order valence-electron chi connectivity index (χ3n) is 4.63. The van der Waals surface area contributed by atoms with E-state index in [4.69, 9.17) is 16.2 Å². The van der Waals surface area contributed by atoms with E-state index in [1.807, 2.05) is 0 Å². The molecule has 4 aromatic rings. The zero-order valence-electron chi connectivity index (χ0n) is 19.3. The Kier molecular flexibility index (Phi) is 10.2. The number of methoxy groups -OCH3 is 1. The van der Waals surface area contributed by atoms with Crippen LogP contribution in [0.25, 0.3) is 34.0 Å². The second-order valence-corrected chi connectivity index (χ2v) is 6.93. The van der Waals surface area contributed by atoms with Crippen LogP contribution in [-0.4, -0.2) is 32.0 Å². The van der Waals surface area contributed by atoms with Crippen LogP contribution in [0.4, 0.5) is 16.2 Å². The molecule has 0 atom stereocenters. The van der Waals surface area contributed by atoms with Crippen LogP contribution in [0.3, 0.4) is 0 Å². The minimum atomic E-state index is -0.327. The molecule has 0 aliphatic heterocycles. The Morgan fingerprint density at radius 2 is 1.65 bits per heavy atom. The lowest BCUT2D eigenvalue weighted by Gasteiger charge is -2.06. The molecular weight excluding hydrogens is 455 g/mol. The lowest BCUT2D eigenvalue weighted by molar-refractivity contribution is 0.415. The number of halogens is 1. The zero-order valence-corrected chi connectivity index (χ0v) is 20.2. The molecule has 0 bridgehead atoms. The zero-order chi connectivity index (χ0) is 25.1. The van der Waals surface area contributed by atoms with E-state index >= 15 is 0 Å².